The van der Waals surface area contributed by atoms with Crippen LogP contribution in [0.2, 0.25) is 0 Å². The van der Waals surface area contributed by atoms with Crippen LogP contribution in [-0.4, -0.2) is 74.9 Å². The maximum Gasteiger partial charge on any atom is 0.472 e. The Bertz CT molecular complexity index is 1180. The fourth-order valence-electron chi connectivity index (χ4n) is 5.42. The molecule has 56 heavy (non-hydrogen) atoms. The van der Waals surface area contributed by atoms with E-state index < -0.39 is 32.5 Å². The number of ether oxygens (including phenoxy) is 2. The number of hydrogen-bond donors (Lipinski definition) is 1. The van der Waals surface area contributed by atoms with Crippen LogP contribution >= 0.6 is 7.82 Å². The zero-order valence-corrected chi connectivity index (χ0v) is 37.0. The number of hydrogen-bond acceptors (Lipinski definition) is 7. The van der Waals surface area contributed by atoms with Gasteiger partial charge in [-0.3, -0.25) is 18.6 Å². The molecule has 0 aliphatic rings. The molecule has 0 aromatic rings. The van der Waals surface area contributed by atoms with Gasteiger partial charge in [0.2, 0.25) is 0 Å². The van der Waals surface area contributed by atoms with Gasteiger partial charge in [-0.2, -0.15) is 0 Å². The zero-order valence-electron chi connectivity index (χ0n) is 36.1. The average Bonchev–Trinajstić information content (AvgIpc) is 3.15. The van der Waals surface area contributed by atoms with Gasteiger partial charge < -0.3 is 18.9 Å². The van der Waals surface area contributed by atoms with Gasteiger partial charge in [0, 0.05) is 12.8 Å². The lowest BCUT2D eigenvalue weighted by atomic mass is 10.1. The van der Waals surface area contributed by atoms with Crippen molar-refractivity contribution in [3.05, 3.63) is 72.9 Å². The molecule has 0 rings (SSSR count). The van der Waals surface area contributed by atoms with E-state index in [1.807, 2.05) is 51.5 Å². The van der Waals surface area contributed by atoms with Crippen molar-refractivity contribution in [1.82, 2.24) is 0 Å². The van der Waals surface area contributed by atoms with Gasteiger partial charge in [-0.15, -0.1) is 0 Å². The molecule has 0 fully saturated rings. The molecule has 2 atom stereocenters. The molecule has 0 spiro atoms. The Morgan fingerprint density at radius 3 is 1.71 bits per heavy atom. The number of nitrogens with zero attached hydrogens (tertiary/aromatic N) is 1. The molecular weight excluding hydrogens is 725 g/mol. The average molecular weight is 807 g/mol. The summed E-state index contributed by atoms with van der Waals surface area (Å²) in [7, 11) is 1.42. The van der Waals surface area contributed by atoms with E-state index >= 15 is 0 Å². The summed E-state index contributed by atoms with van der Waals surface area (Å²) < 4.78 is 34.2. The third-order valence-corrected chi connectivity index (χ3v) is 9.80. The molecule has 0 aliphatic carbocycles. The first-order valence-electron chi connectivity index (χ1n) is 21.7. The summed E-state index contributed by atoms with van der Waals surface area (Å²) in [6.45, 7) is 4.19. The van der Waals surface area contributed by atoms with Gasteiger partial charge in [0.15, 0.2) is 6.10 Å². The quantitative estimate of drug-likeness (QED) is 0.0164. The van der Waals surface area contributed by atoms with E-state index in [0.29, 0.717) is 23.9 Å². The summed E-state index contributed by atoms with van der Waals surface area (Å²) >= 11 is 0. The lowest BCUT2D eigenvalue weighted by Gasteiger charge is -2.24. The first kappa shape index (κ1) is 53.5. The van der Waals surface area contributed by atoms with Gasteiger partial charge in [0.25, 0.3) is 0 Å². The predicted octanol–water partition coefficient (Wildman–Crippen LogP) is 12.2. The van der Waals surface area contributed by atoms with E-state index in [4.69, 9.17) is 18.5 Å². The van der Waals surface area contributed by atoms with Crippen LogP contribution in [0.1, 0.15) is 155 Å². The van der Waals surface area contributed by atoms with Gasteiger partial charge in [-0.25, -0.2) is 4.57 Å². The minimum absolute atomic E-state index is 0.0165. The lowest BCUT2D eigenvalue weighted by molar-refractivity contribution is -0.870. The van der Waals surface area contributed by atoms with Crippen LogP contribution in [0, 0.1) is 0 Å². The number of quaternary nitrogens is 1. The standard InChI is InChI=1S/C46H80NO8P/c1-6-8-10-12-14-16-18-20-22-23-25-27-29-31-33-35-37-39-46(49)55-44(43-54-56(50,51)53-41-40-47(3,4)5)42-52-45(48)38-36-34-32-30-28-26-24-21-19-17-15-13-11-9-7-2/h9,11,13,15,17,19,21,24-25,27,31,33,44H,6-8,10,12,14,16,18,20,22-23,26,28-30,32,34-43H2,1-5H3/p+1/b11-9+,15-13+,19-17+,24-21+,27-25+,33-31+/t44-/m1/s1. The van der Waals surface area contributed by atoms with Crippen LogP contribution in [0.4, 0.5) is 0 Å². The number of carbonyl (C=O) groups excluding carboxylic acids is 2. The summed E-state index contributed by atoms with van der Waals surface area (Å²) in [6, 6.07) is 0. The monoisotopic (exact) mass is 807 g/mol. The van der Waals surface area contributed by atoms with Crippen molar-refractivity contribution >= 4 is 19.8 Å². The van der Waals surface area contributed by atoms with Crippen LogP contribution in [0.15, 0.2) is 72.9 Å². The largest absolute Gasteiger partial charge is 0.472 e. The summed E-state index contributed by atoms with van der Waals surface area (Å²) in [6.07, 6.45) is 46.7. The Morgan fingerprint density at radius 1 is 0.589 bits per heavy atom. The van der Waals surface area contributed by atoms with E-state index in [1.165, 1.54) is 57.8 Å². The fourth-order valence-corrected chi connectivity index (χ4v) is 6.16. The maximum atomic E-state index is 12.7. The summed E-state index contributed by atoms with van der Waals surface area (Å²) in [5.74, 6) is -0.885. The Kier molecular flexibility index (Phi) is 36.3. The number of unbranched alkanes of at least 4 members (excludes halogenated alkanes) is 15. The highest BCUT2D eigenvalue weighted by molar-refractivity contribution is 7.47. The Hall–Kier alpha value is -2.55. The summed E-state index contributed by atoms with van der Waals surface area (Å²) in [4.78, 5) is 35.3. The molecule has 322 valence electrons. The molecule has 0 aromatic carbocycles. The molecule has 0 amide bonds. The second-order valence-electron chi connectivity index (χ2n) is 15.4. The minimum Gasteiger partial charge on any atom is -0.462 e. The fraction of sp³-hybridized carbons (Fsp3) is 0.696. The highest BCUT2D eigenvalue weighted by atomic mass is 31.2. The van der Waals surface area contributed by atoms with Gasteiger partial charge >= 0.3 is 19.8 Å². The van der Waals surface area contributed by atoms with Crippen LogP contribution in [0.3, 0.4) is 0 Å². The van der Waals surface area contributed by atoms with E-state index in [-0.39, 0.29) is 26.1 Å². The molecule has 0 bridgehead atoms. The molecule has 10 heteroatoms. The normalized spacial score (nSPS) is 14.3. The lowest BCUT2D eigenvalue weighted by Crippen LogP contribution is -2.37. The van der Waals surface area contributed by atoms with Crippen molar-refractivity contribution in [2.24, 2.45) is 0 Å². The van der Waals surface area contributed by atoms with E-state index in [2.05, 4.69) is 56.4 Å². The third-order valence-electron chi connectivity index (χ3n) is 8.82. The molecule has 0 aliphatic heterocycles. The predicted molar refractivity (Wildman–Crippen MR) is 233 cm³/mol. The third kappa shape index (κ3) is 41.1. The number of likely N-dealkylation sites (N-methyl/N-ethyl adjacent to an activating group) is 1. The van der Waals surface area contributed by atoms with E-state index in [1.54, 1.807) is 0 Å². The van der Waals surface area contributed by atoms with Gasteiger partial charge in [0.05, 0.1) is 27.7 Å². The topological polar surface area (TPSA) is 108 Å². The molecule has 0 radical (unpaired) electrons. The van der Waals surface area contributed by atoms with Crippen molar-refractivity contribution in [3.8, 4) is 0 Å². The first-order valence-corrected chi connectivity index (χ1v) is 23.2. The van der Waals surface area contributed by atoms with Crippen molar-refractivity contribution in [1.29, 1.82) is 0 Å². The van der Waals surface area contributed by atoms with Gasteiger partial charge in [-0.1, -0.05) is 157 Å². The molecule has 9 nitrogen and oxygen atoms in total. The number of allylic oxidation sites excluding steroid dienone is 12. The van der Waals surface area contributed by atoms with Crippen molar-refractivity contribution in [2.45, 2.75) is 161 Å². The Balaban J connectivity index is 4.49. The SMILES string of the molecule is CC/C=C/C=C/C=C/C=C/CCCCCCCC(=O)OC[C@H](COP(=O)(O)OCC[N+](C)(C)C)OC(=O)CCC/C=C/C/C=C/CCCCCCCCCCC. The van der Waals surface area contributed by atoms with Gasteiger partial charge in [0.1, 0.15) is 19.8 Å². The van der Waals surface area contributed by atoms with E-state index in [0.717, 1.165) is 57.8 Å². The van der Waals surface area contributed by atoms with Crippen molar-refractivity contribution in [3.63, 3.8) is 0 Å². The van der Waals surface area contributed by atoms with Crippen LogP contribution in [0.25, 0.3) is 0 Å². The Labute approximate surface area is 342 Å². The van der Waals surface area contributed by atoms with E-state index in [9.17, 15) is 19.0 Å². The number of phosphoric ester groups is 1. The number of carbonyl (C=O) groups is 2. The van der Waals surface area contributed by atoms with Crippen LogP contribution in [0.5, 0.6) is 0 Å². The number of rotatable bonds is 38. The van der Waals surface area contributed by atoms with Gasteiger partial charge in [-0.05, 0) is 57.8 Å². The van der Waals surface area contributed by atoms with Crippen LogP contribution in [-0.2, 0) is 32.7 Å². The van der Waals surface area contributed by atoms with Crippen molar-refractivity contribution in [2.75, 3.05) is 47.5 Å². The summed E-state index contributed by atoms with van der Waals surface area (Å²) in [5.41, 5.74) is 0. The van der Waals surface area contributed by atoms with Crippen molar-refractivity contribution < 1.29 is 42.1 Å². The van der Waals surface area contributed by atoms with Crippen LogP contribution < -0.4 is 0 Å². The molecule has 1 unspecified atom stereocenters. The molecule has 0 saturated heterocycles. The zero-order chi connectivity index (χ0) is 41.4. The summed E-state index contributed by atoms with van der Waals surface area (Å²) in [5, 5.41) is 0. The maximum absolute atomic E-state index is 12.7. The number of esters is 2. The Morgan fingerprint density at radius 2 is 1.11 bits per heavy atom. The molecular formula is C46H81NO8P+. The molecule has 0 heterocycles. The second-order valence-corrected chi connectivity index (χ2v) is 16.9. The highest BCUT2D eigenvalue weighted by Gasteiger charge is 2.27. The first-order chi connectivity index (χ1) is 27.0. The smallest absolute Gasteiger partial charge is 0.462 e. The highest BCUT2D eigenvalue weighted by Crippen LogP contribution is 2.43. The number of phosphoric acid groups is 1. The molecule has 0 aromatic heterocycles. The minimum atomic E-state index is -4.39. The molecule has 1 N–H and O–H groups in total. The molecule has 0 saturated carbocycles. The second kappa shape index (κ2) is 38.0.